The van der Waals surface area contributed by atoms with Gasteiger partial charge in [-0.2, -0.15) is 0 Å². The summed E-state index contributed by atoms with van der Waals surface area (Å²) in [7, 11) is 1.64. The van der Waals surface area contributed by atoms with E-state index < -0.39 is 0 Å². The van der Waals surface area contributed by atoms with E-state index in [1.54, 1.807) is 21.0 Å². The molecule has 3 nitrogen and oxygen atoms in total. The molecule has 0 N–H and O–H groups in total. The summed E-state index contributed by atoms with van der Waals surface area (Å²) in [5, 5.41) is 0. The van der Waals surface area contributed by atoms with Crippen molar-refractivity contribution in [2.24, 2.45) is 0 Å². The Morgan fingerprint density at radius 2 is 1.68 bits per heavy atom. The van der Waals surface area contributed by atoms with Crippen molar-refractivity contribution in [2.75, 3.05) is 13.7 Å². The largest absolute Gasteiger partial charge is 0.497 e. The molecule has 0 spiro atoms. The summed E-state index contributed by atoms with van der Waals surface area (Å²) < 4.78 is 24.7. The number of benzene rings is 2. The van der Waals surface area contributed by atoms with Crippen LogP contribution in [0.25, 0.3) is 11.1 Å². The SMILES string of the molecule is CCOC(=O)CCc1cc(-c2c(C)cc(OC)cc2C)cc(C)c1F. The molecule has 0 aliphatic rings. The molecule has 0 aliphatic heterocycles. The normalized spacial score (nSPS) is 10.6. The molecule has 0 atom stereocenters. The summed E-state index contributed by atoms with van der Waals surface area (Å²) in [4.78, 5) is 11.6. The van der Waals surface area contributed by atoms with Gasteiger partial charge in [-0.15, -0.1) is 0 Å². The molecule has 25 heavy (non-hydrogen) atoms. The zero-order chi connectivity index (χ0) is 18.6. The van der Waals surface area contributed by atoms with Crippen LogP contribution in [-0.2, 0) is 16.0 Å². The quantitative estimate of drug-likeness (QED) is 0.698. The molecule has 0 radical (unpaired) electrons. The zero-order valence-corrected chi connectivity index (χ0v) is 15.5. The molecule has 0 heterocycles. The van der Waals surface area contributed by atoms with E-state index in [-0.39, 0.29) is 18.2 Å². The van der Waals surface area contributed by atoms with Gasteiger partial charge < -0.3 is 9.47 Å². The summed E-state index contributed by atoms with van der Waals surface area (Å²) >= 11 is 0. The molecule has 0 aliphatic carbocycles. The third-order valence-corrected chi connectivity index (χ3v) is 4.26. The number of halogens is 1. The Balaban J connectivity index is 2.42. The van der Waals surface area contributed by atoms with Gasteiger partial charge in [0.15, 0.2) is 0 Å². The Morgan fingerprint density at radius 3 is 2.24 bits per heavy atom. The van der Waals surface area contributed by atoms with Crippen LogP contribution in [0.1, 0.15) is 35.6 Å². The molecule has 134 valence electrons. The summed E-state index contributed by atoms with van der Waals surface area (Å²) in [6.45, 7) is 7.88. The summed E-state index contributed by atoms with van der Waals surface area (Å²) in [6, 6.07) is 7.63. The summed E-state index contributed by atoms with van der Waals surface area (Å²) in [5.41, 5.74) is 5.28. The highest BCUT2D eigenvalue weighted by Crippen LogP contribution is 2.33. The molecule has 4 heteroatoms. The van der Waals surface area contributed by atoms with Gasteiger partial charge in [0.25, 0.3) is 0 Å². The average molecular weight is 344 g/mol. The van der Waals surface area contributed by atoms with Crippen LogP contribution in [0.2, 0.25) is 0 Å². The van der Waals surface area contributed by atoms with E-state index in [0.717, 1.165) is 28.0 Å². The van der Waals surface area contributed by atoms with Crippen LogP contribution in [0.5, 0.6) is 5.75 Å². The second kappa shape index (κ2) is 8.15. The van der Waals surface area contributed by atoms with Gasteiger partial charge in [-0.05, 0) is 91.8 Å². The molecular formula is C21H25FO3. The third kappa shape index (κ3) is 4.38. The first-order valence-corrected chi connectivity index (χ1v) is 8.47. The first kappa shape index (κ1) is 19.0. The van der Waals surface area contributed by atoms with Gasteiger partial charge in [-0.1, -0.05) is 0 Å². The van der Waals surface area contributed by atoms with Crippen LogP contribution < -0.4 is 4.74 Å². The van der Waals surface area contributed by atoms with Gasteiger partial charge in [0.1, 0.15) is 11.6 Å². The lowest BCUT2D eigenvalue weighted by molar-refractivity contribution is -0.143. The highest BCUT2D eigenvalue weighted by molar-refractivity contribution is 5.74. The van der Waals surface area contributed by atoms with Crippen molar-refractivity contribution in [3.05, 3.63) is 52.3 Å². The molecule has 0 amide bonds. The number of carbonyl (C=O) groups excluding carboxylic acids is 1. The van der Waals surface area contributed by atoms with Crippen molar-refractivity contribution >= 4 is 5.97 Å². The van der Waals surface area contributed by atoms with E-state index in [1.807, 2.05) is 38.1 Å². The van der Waals surface area contributed by atoms with Crippen molar-refractivity contribution in [3.8, 4) is 16.9 Å². The second-order valence-corrected chi connectivity index (χ2v) is 6.21. The summed E-state index contributed by atoms with van der Waals surface area (Å²) in [6.07, 6.45) is 0.502. The predicted octanol–water partition coefficient (Wildman–Crippen LogP) is 4.92. The van der Waals surface area contributed by atoms with Gasteiger partial charge in [-0.25, -0.2) is 4.39 Å². The number of hydrogen-bond donors (Lipinski definition) is 0. The molecule has 2 aromatic rings. The minimum atomic E-state index is -0.304. The molecule has 0 bridgehead atoms. The van der Waals surface area contributed by atoms with Crippen molar-refractivity contribution < 1.29 is 18.7 Å². The predicted molar refractivity (Wildman–Crippen MR) is 97.6 cm³/mol. The monoisotopic (exact) mass is 344 g/mol. The Kier molecular flexibility index (Phi) is 6.18. The second-order valence-electron chi connectivity index (χ2n) is 6.21. The number of hydrogen-bond acceptors (Lipinski definition) is 3. The number of esters is 1. The van der Waals surface area contributed by atoms with E-state index in [2.05, 4.69) is 0 Å². The van der Waals surface area contributed by atoms with E-state index >= 15 is 0 Å². The molecule has 0 aromatic heterocycles. The van der Waals surface area contributed by atoms with Crippen LogP contribution in [0.4, 0.5) is 4.39 Å². The molecular weight excluding hydrogens is 319 g/mol. The number of carbonyl (C=O) groups is 1. The molecule has 2 aromatic carbocycles. The lowest BCUT2D eigenvalue weighted by Gasteiger charge is -2.15. The topological polar surface area (TPSA) is 35.5 Å². The maximum Gasteiger partial charge on any atom is 0.306 e. The van der Waals surface area contributed by atoms with Gasteiger partial charge in [-0.3, -0.25) is 4.79 Å². The maximum atomic E-state index is 14.5. The number of rotatable bonds is 6. The highest BCUT2D eigenvalue weighted by atomic mass is 19.1. The first-order chi connectivity index (χ1) is 11.9. The molecule has 0 saturated carbocycles. The van der Waals surface area contributed by atoms with Gasteiger partial charge in [0, 0.05) is 6.42 Å². The summed E-state index contributed by atoms with van der Waals surface area (Å²) in [5.74, 6) is 0.249. The van der Waals surface area contributed by atoms with Crippen LogP contribution in [0.3, 0.4) is 0 Å². The molecule has 0 unspecified atom stereocenters. The van der Waals surface area contributed by atoms with Crippen LogP contribution in [0, 0.1) is 26.6 Å². The lowest BCUT2D eigenvalue weighted by atomic mass is 9.91. The molecule has 0 saturated heterocycles. The van der Waals surface area contributed by atoms with E-state index in [4.69, 9.17) is 9.47 Å². The molecule has 2 rings (SSSR count). The Labute approximate surface area is 148 Å². The van der Waals surface area contributed by atoms with E-state index in [1.165, 1.54) is 0 Å². The van der Waals surface area contributed by atoms with Crippen molar-refractivity contribution in [1.82, 2.24) is 0 Å². The van der Waals surface area contributed by atoms with E-state index in [0.29, 0.717) is 24.2 Å². The van der Waals surface area contributed by atoms with Gasteiger partial charge in [0.05, 0.1) is 13.7 Å². The smallest absolute Gasteiger partial charge is 0.306 e. The standard InChI is InChI=1S/C21H25FO3/c1-6-25-19(23)8-7-16-12-17(9-15(4)21(16)22)20-13(2)10-18(24-5)11-14(20)3/h9-12H,6-8H2,1-5H3. The highest BCUT2D eigenvalue weighted by Gasteiger charge is 2.14. The number of methoxy groups -OCH3 is 1. The maximum absolute atomic E-state index is 14.5. The Bertz CT molecular complexity index is 758. The minimum absolute atomic E-state index is 0.175. The third-order valence-electron chi connectivity index (χ3n) is 4.26. The van der Waals surface area contributed by atoms with Crippen molar-refractivity contribution in [2.45, 2.75) is 40.5 Å². The fraction of sp³-hybridized carbons (Fsp3) is 0.381. The molecule has 0 fully saturated rings. The van der Waals surface area contributed by atoms with Crippen molar-refractivity contribution in [1.29, 1.82) is 0 Å². The first-order valence-electron chi connectivity index (χ1n) is 8.47. The fourth-order valence-corrected chi connectivity index (χ4v) is 3.14. The van der Waals surface area contributed by atoms with E-state index in [9.17, 15) is 9.18 Å². The minimum Gasteiger partial charge on any atom is -0.497 e. The van der Waals surface area contributed by atoms with Crippen LogP contribution in [0.15, 0.2) is 24.3 Å². The van der Waals surface area contributed by atoms with Gasteiger partial charge in [0.2, 0.25) is 0 Å². The lowest BCUT2D eigenvalue weighted by Crippen LogP contribution is -2.06. The number of aryl methyl sites for hydroxylation is 4. The number of ether oxygens (including phenoxy) is 2. The van der Waals surface area contributed by atoms with Crippen LogP contribution >= 0.6 is 0 Å². The average Bonchev–Trinajstić information content (AvgIpc) is 2.56. The fourth-order valence-electron chi connectivity index (χ4n) is 3.14. The Hall–Kier alpha value is -2.36. The van der Waals surface area contributed by atoms with Gasteiger partial charge >= 0.3 is 5.97 Å². The zero-order valence-electron chi connectivity index (χ0n) is 15.5. The Morgan fingerprint density at radius 1 is 1.04 bits per heavy atom. The van der Waals surface area contributed by atoms with Crippen molar-refractivity contribution in [3.63, 3.8) is 0 Å². The van der Waals surface area contributed by atoms with Crippen LogP contribution in [-0.4, -0.2) is 19.7 Å².